The molecule has 2 aromatic rings. The highest BCUT2D eigenvalue weighted by molar-refractivity contribution is 7.99. The summed E-state index contributed by atoms with van der Waals surface area (Å²) in [4.78, 5) is 8.75. The third-order valence-corrected chi connectivity index (χ3v) is 5.13. The maximum absolute atomic E-state index is 6.06. The predicted octanol–water partition coefficient (Wildman–Crippen LogP) is 3.63. The lowest BCUT2D eigenvalue weighted by Crippen LogP contribution is -2.17. The molecule has 0 aliphatic heterocycles. The van der Waals surface area contributed by atoms with Crippen LogP contribution in [0.2, 0.25) is 0 Å². The molecule has 3 rings (SSSR count). The van der Waals surface area contributed by atoms with Crippen molar-refractivity contribution in [2.45, 2.75) is 36.4 Å². The van der Waals surface area contributed by atoms with Crippen LogP contribution in [0.5, 0.6) is 0 Å². The standard InChI is InChI=1S/C13H16ClN3S/c1-18-12-4-2-3-11(12)17-10-5-6-15-8-9(10)16-13(17)7-14/h5-6,8,11-12H,2-4,7H2,1H3. The molecular formula is C13H16ClN3S. The zero-order valence-corrected chi connectivity index (χ0v) is 11.9. The Labute approximate surface area is 116 Å². The molecule has 1 fully saturated rings. The Kier molecular flexibility index (Phi) is 3.48. The first-order valence-corrected chi connectivity index (χ1v) is 8.07. The number of halogens is 1. The summed E-state index contributed by atoms with van der Waals surface area (Å²) >= 11 is 8.02. The molecule has 0 radical (unpaired) electrons. The molecule has 1 saturated carbocycles. The van der Waals surface area contributed by atoms with E-state index in [0.29, 0.717) is 17.2 Å². The van der Waals surface area contributed by atoms with Crippen molar-refractivity contribution in [1.29, 1.82) is 0 Å². The Hall–Kier alpha value is -0.740. The third kappa shape index (κ3) is 1.91. The number of pyridine rings is 1. The normalized spacial score (nSPS) is 23.9. The molecule has 3 nitrogen and oxygen atoms in total. The Morgan fingerprint density at radius 3 is 3.17 bits per heavy atom. The van der Waals surface area contributed by atoms with Gasteiger partial charge in [-0.05, 0) is 25.2 Å². The molecule has 2 atom stereocenters. The first kappa shape index (κ1) is 12.3. The average Bonchev–Trinajstić information content (AvgIpc) is 3.01. The minimum Gasteiger partial charge on any atom is -0.323 e. The Morgan fingerprint density at radius 1 is 1.50 bits per heavy atom. The number of fused-ring (bicyclic) bond motifs is 1. The van der Waals surface area contributed by atoms with E-state index in [1.165, 1.54) is 24.8 Å². The zero-order valence-electron chi connectivity index (χ0n) is 10.3. The van der Waals surface area contributed by atoms with Crippen molar-refractivity contribution in [2.75, 3.05) is 6.26 Å². The van der Waals surface area contributed by atoms with E-state index in [4.69, 9.17) is 11.6 Å². The van der Waals surface area contributed by atoms with Gasteiger partial charge in [-0.3, -0.25) is 4.98 Å². The molecule has 1 aliphatic carbocycles. The van der Waals surface area contributed by atoms with Crippen LogP contribution in [-0.4, -0.2) is 26.0 Å². The molecule has 0 aromatic carbocycles. The minimum absolute atomic E-state index is 0.465. The molecule has 5 heteroatoms. The Bertz CT molecular complexity index is 554. The van der Waals surface area contributed by atoms with Crippen LogP contribution in [0.15, 0.2) is 18.5 Å². The molecule has 2 unspecified atom stereocenters. The zero-order chi connectivity index (χ0) is 12.5. The van der Waals surface area contributed by atoms with E-state index in [9.17, 15) is 0 Å². The summed E-state index contributed by atoms with van der Waals surface area (Å²) in [5.41, 5.74) is 2.13. The summed E-state index contributed by atoms with van der Waals surface area (Å²) in [6.07, 6.45) is 9.67. The monoisotopic (exact) mass is 281 g/mol. The van der Waals surface area contributed by atoms with Crippen molar-refractivity contribution in [1.82, 2.24) is 14.5 Å². The SMILES string of the molecule is CSC1CCCC1n1c(CCl)nc2cnccc21. The fourth-order valence-electron chi connectivity index (χ4n) is 2.94. The highest BCUT2D eigenvalue weighted by Gasteiger charge is 2.30. The van der Waals surface area contributed by atoms with Gasteiger partial charge in [0.1, 0.15) is 11.3 Å². The van der Waals surface area contributed by atoms with Gasteiger partial charge in [0.2, 0.25) is 0 Å². The van der Waals surface area contributed by atoms with Crippen molar-refractivity contribution < 1.29 is 0 Å². The third-order valence-electron chi connectivity index (χ3n) is 3.74. The van der Waals surface area contributed by atoms with E-state index in [0.717, 1.165) is 11.3 Å². The summed E-state index contributed by atoms with van der Waals surface area (Å²) < 4.78 is 2.35. The van der Waals surface area contributed by atoms with Crippen molar-refractivity contribution in [3.8, 4) is 0 Å². The second-order valence-electron chi connectivity index (χ2n) is 4.67. The van der Waals surface area contributed by atoms with Crippen LogP contribution in [-0.2, 0) is 5.88 Å². The summed E-state index contributed by atoms with van der Waals surface area (Å²) in [5, 5.41) is 0.678. The van der Waals surface area contributed by atoms with Crippen molar-refractivity contribution in [3.05, 3.63) is 24.3 Å². The van der Waals surface area contributed by atoms with E-state index in [1.807, 2.05) is 30.2 Å². The van der Waals surface area contributed by atoms with Crippen LogP contribution < -0.4 is 0 Å². The lowest BCUT2D eigenvalue weighted by Gasteiger charge is -2.22. The topological polar surface area (TPSA) is 30.7 Å². The molecule has 1 aliphatic rings. The van der Waals surface area contributed by atoms with Gasteiger partial charge in [0, 0.05) is 17.5 Å². The summed E-state index contributed by atoms with van der Waals surface area (Å²) in [7, 11) is 0. The van der Waals surface area contributed by atoms with Gasteiger partial charge in [-0.15, -0.1) is 11.6 Å². The minimum atomic E-state index is 0.465. The molecular weight excluding hydrogens is 266 g/mol. The number of imidazole rings is 1. The Morgan fingerprint density at radius 2 is 2.39 bits per heavy atom. The van der Waals surface area contributed by atoms with Gasteiger partial charge in [0.05, 0.1) is 17.6 Å². The van der Waals surface area contributed by atoms with E-state index in [-0.39, 0.29) is 0 Å². The highest BCUT2D eigenvalue weighted by atomic mass is 35.5. The second-order valence-corrected chi connectivity index (χ2v) is 6.01. The second kappa shape index (κ2) is 5.10. The van der Waals surface area contributed by atoms with Crippen LogP contribution in [0.3, 0.4) is 0 Å². The van der Waals surface area contributed by atoms with Gasteiger partial charge >= 0.3 is 0 Å². The van der Waals surface area contributed by atoms with E-state index < -0.39 is 0 Å². The summed E-state index contributed by atoms with van der Waals surface area (Å²) in [6, 6.07) is 2.58. The smallest absolute Gasteiger partial charge is 0.125 e. The molecule has 18 heavy (non-hydrogen) atoms. The van der Waals surface area contributed by atoms with Gasteiger partial charge in [-0.25, -0.2) is 4.98 Å². The van der Waals surface area contributed by atoms with Gasteiger partial charge in [0.25, 0.3) is 0 Å². The number of hydrogen-bond acceptors (Lipinski definition) is 3. The van der Waals surface area contributed by atoms with Crippen LogP contribution in [0.25, 0.3) is 11.0 Å². The summed E-state index contributed by atoms with van der Waals surface area (Å²) in [5.74, 6) is 1.44. The van der Waals surface area contributed by atoms with Crippen molar-refractivity contribution in [3.63, 3.8) is 0 Å². The van der Waals surface area contributed by atoms with Crippen LogP contribution in [0, 0.1) is 0 Å². The molecule has 0 N–H and O–H groups in total. The highest BCUT2D eigenvalue weighted by Crippen LogP contribution is 2.39. The maximum Gasteiger partial charge on any atom is 0.125 e. The largest absolute Gasteiger partial charge is 0.323 e. The average molecular weight is 282 g/mol. The van der Waals surface area contributed by atoms with Crippen LogP contribution in [0.1, 0.15) is 31.1 Å². The Balaban J connectivity index is 2.14. The lowest BCUT2D eigenvalue weighted by atomic mass is 10.2. The first-order valence-electron chi connectivity index (χ1n) is 6.24. The molecule has 0 bridgehead atoms. The predicted molar refractivity (Wildman–Crippen MR) is 77.3 cm³/mol. The molecule has 96 valence electrons. The van der Waals surface area contributed by atoms with E-state index >= 15 is 0 Å². The molecule has 2 heterocycles. The number of alkyl halides is 1. The van der Waals surface area contributed by atoms with Crippen LogP contribution in [0.4, 0.5) is 0 Å². The number of aromatic nitrogens is 3. The first-order chi connectivity index (χ1) is 8.85. The lowest BCUT2D eigenvalue weighted by molar-refractivity contribution is 0.528. The number of nitrogens with zero attached hydrogens (tertiary/aromatic N) is 3. The van der Waals surface area contributed by atoms with Crippen molar-refractivity contribution in [2.24, 2.45) is 0 Å². The van der Waals surface area contributed by atoms with Gasteiger partial charge in [0.15, 0.2) is 0 Å². The fourth-order valence-corrected chi connectivity index (χ4v) is 4.10. The number of rotatable bonds is 3. The molecule has 0 spiro atoms. The van der Waals surface area contributed by atoms with Gasteiger partial charge in [-0.2, -0.15) is 11.8 Å². The van der Waals surface area contributed by atoms with E-state index in [1.54, 1.807) is 0 Å². The van der Waals surface area contributed by atoms with Gasteiger partial charge in [-0.1, -0.05) is 6.42 Å². The molecule has 0 amide bonds. The molecule has 2 aromatic heterocycles. The summed E-state index contributed by atoms with van der Waals surface area (Å²) in [6.45, 7) is 0. The molecule has 0 saturated heterocycles. The van der Waals surface area contributed by atoms with Gasteiger partial charge < -0.3 is 4.57 Å². The number of thioether (sulfide) groups is 1. The number of hydrogen-bond donors (Lipinski definition) is 0. The van der Waals surface area contributed by atoms with E-state index in [2.05, 4.69) is 20.8 Å². The fraction of sp³-hybridized carbons (Fsp3) is 0.538. The van der Waals surface area contributed by atoms with Crippen molar-refractivity contribution >= 4 is 34.4 Å². The quantitative estimate of drug-likeness (QED) is 0.805. The maximum atomic E-state index is 6.06. The van der Waals surface area contributed by atoms with Crippen LogP contribution >= 0.6 is 23.4 Å².